The zero-order valence-electron chi connectivity index (χ0n) is 9.97. The highest BCUT2D eigenvalue weighted by Crippen LogP contribution is 2.32. The van der Waals surface area contributed by atoms with E-state index in [-0.39, 0.29) is 12.3 Å². The van der Waals surface area contributed by atoms with E-state index < -0.39 is 11.4 Å². The third-order valence-electron chi connectivity index (χ3n) is 3.07. The highest BCUT2D eigenvalue weighted by molar-refractivity contribution is 6.04. The molecule has 2 rings (SSSR count). The second-order valence-corrected chi connectivity index (χ2v) is 4.21. The molecule has 1 amide bonds. The standard InChI is InChI=1S/C11H14N4O3/c1-18-10(17)11(4-5-13-9(11)16)6-7-2-3-8(12)15-14-7/h2-3H,4-6H2,1H3,(H2,12,15)(H,13,16). The van der Waals surface area contributed by atoms with Crippen LogP contribution in [0.2, 0.25) is 0 Å². The Balaban J connectivity index is 2.28. The molecule has 1 unspecified atom stereocenters. The van der Waals surface area contributed by atoms with E-state index in [0.717, 1.165) is 0 Å². The lowest BCUT2D eigenvalue weighted by molar-refractivity contribution is -0.156. The molecule has 0 saturated carbocycles. The van der Waals surface area contributed by atoms with Gasteiger partial charge in [0.05, 0.1) is 12.8 Å². The summed E-state index contributed by atoms with van der Waals surface area (Å²) in [6.45, 7) is 0.455. The number of rotatable bonds is 3. The normalized spacial score (nSPS) is 22.6. The van der Waals surface area contributed by atoms with E-state index in [2.05, 4.69) is 15.5 Å². The minimum Gasteiger partial charge on any atom is -0.468 e. The summed E-state index contributed by atoms with van der Waals surface area (Å²) in [5, 5.41) is 10.2. The first-order valence-electron chi connectivity index (χ1n) is 5.53. The first kappa shape index (κ1) is 12.3. The van der Waals surface area contributed by atoms with Crippen molar-refractivity contribution in [1.29, 1.82) is 0 Å². The lowest BCUT2D eigenvalue weighted by Gasteiger charge is -2.22. The quantitative estimate of drug-likeness (QED) is 0.541. The molecule has 2 heterocycles. The number of nitrogen functional groups attached to an aromatic ring is 1. The van der Waals surface area contributed by atoms with Crippen LogP contribution in [0.25, 0.3) is 0 Å². The number of carbonyl (C=O) groups excluding carboxylic acids is 2. The van der Waals surface area contributed by atoms with Gasteiger partial charge in [0.1, 0.15) is 5.82 Å². The van der Waals surface area contributed by atoms with Gasteiger partial charge in [-0.15, -0.1) is 5.10 Å². The molecule has 1 aliphatic rings. The number of methoxy groups -OCH3 is 1. The molecule has 1 aromatic rings. The maximum Gasteiger partial charge on any atom is 0.321 e. The average molecular weight is 250 g/mol. The maximum atomic E-state index is 11.9. The van der Waals surface area contributed by atoms with Crippen molar-refractivity contribution >= 4 is 17.7 Å². The zero-order valence-corrected chi connectivity index (χ0v) is 9.97. The molecule has 18 heavy (non-hydrogen) atoms. The second kappa shape index (κ2) is 4.59. The van der Waals surface area contributed by atoms with Gasteiger partial charge in [-0.3, -0.25) is 9.59 Å². The van der Waals surface area contributed by atoms with Crippen LogP contribution in [-0.2, 0) is 20.7 Å². The fourth-order valence-corrected chi connectivity index (χ4v) is 2.08. The van der Waals surface area contributed by atoms with Crippen molar-refractivity contribution in [2.45, 2.75) is 12.8 Å². The third kappa shape index (κ3) is 1.99. The van der Waals surface area contributed by atoms with Gasteiger partial charge in [-0.05, 0) is 18.6 Å². The van der Waals surface area contributed by atoms with Crippen LogP contribution in [0.4, 0.5) is 5.82 Å². The molecule has 3 N–H and O–H groups in total. The number of anilines is 1. The van der Waals surface area contributed by atoms with E-state index in [1.165, 1.54) is 7.11 Å². The smallest absolute Gasteiger partial charge is 0.321 e. The molecule has 7 nitrogen and oxygen atoms in total. The van der Waals surface area contributed by atoms with Crippen LogP contribution in [0.1, 0.15) is 12.1 Å². The van der Waals surface area contributed by atoms with E-state index in [4.69, 9.17) is 10.5 Å². The number of hydrogen-bond donors (Lipinski definition) is 2. The van der Waals surface area contributed by atoms with Gasteiger partial charge in [-0.2, -0.15) is 5.10 Å². The second-order valence-electron chi connectivity index (χ2n) is 4.21. The van der Waals surface area contributed by atoms with Crippen LogP contribution in [0.3, 0.4) is 0 Å². The van der Waals surface area contributed by atoms with Gasteiger partial charge < -0.3 is 15.8 Å². The molecule has 1 aliphatic heterocycles. The first-order chi connectivity index (χ1) is 8.58. The van der Waals surface area contributed by atoms with Crippen molar-refractivity contribution < 1.29 is 14.3 Å². The molecule has 1 saturated heterocycles. The summed E-state index contributed by atoms with van der Waals surface area (Å²) < 4.78 is 4.73. The predicted molar refractivity (Wildman–Crippen MR) is 62.2 cm³/mol. The fourth-order valence-electron chi connectivity index (χ4n) is 2.08. The van der Waals surface area contributed by atoms with Gasteiger partial charge >= 0.3 is 5.97 Å². The highest BCUT2D eigenvalue weighted by Gasteiger charge is 2.50. The molecular formula is C11H14N4O3. The number of nitrogens with zero attached hydrogens (tertiary/aromatic N) is 2. The highest BCUT2D eigenvalue weighted by atomic mass is 16.5. The van der Waals surface area contributed by atoms with E-state index in [9.17, 15) is 9.59 Å². The zero-order chi connectivity index (χ0) is 13.2. The minimum atomic E-state index is -1.19. The molecule has 0 spiro atoms. The van der Waals surface area contributed by atoms with Gasteiger partial charge in [0.15, 0.2) is 5.41 Å². The summed E-state index contributed by atoms with van der Waals surface area (Å²) in [6, 6.07) is 3.23. The number of nitrogens with two attached hydrogens (primary N) is 1. The van der Waals surface area contributed by atoms with Crippen LogP contribution >= 0.6 is 0 Å². The molecule has 1 atom stereocenters. The van der Waals surface area contributed by atoms with Crippen molar-refractivity contribution in [2.75, 3.05) is 19.4 Å². The molecule has 1 aromatic heterocycles. The topological polar surface area (TPSA) is 107 Å². The van der Waals surface area contributed by atoms with Crippen molar-refractivity contribution in [1.82, 2.24) is 15.5 Å². The molecule has 96 valence electrons. The van der Waals surface area contributed by atoms with Gasteiger partial charge in [0.25, 0.3) is 0 Å². The Bertz CT molecular complexity index is 474. The van der Waals surface area contributed by atoms with Crippen LogP contribution in [0.15, 0.2) is 12.1 Å². The molecule has 0 radical (unpaired) electrons. The minimum absolute atomic E-state index is 0.165. The maximum absolute atomic E-state index is 11.9. The Morgan fingerprint density at radius 2 is 2.33 bits per heavy atom. The van der Waals surface area contributed by atoms with Gasteiger partial charge in [-0.1, -0.05) is 0 Å². The number of ether oxygens (including phenoxy) is 1. The van der Waals surface area contributed by atoms with Crippen LogP contribution in [-0.4, -0.2) is 35.7 Å². The monoisotopic (exact) mass is 250 g/mol. The fraction of sp³-hybridized carbons (Fsp3) is 0.455. The van der Waals surface area contributed by atoms with E-state index in [1.807, 2.05) is 0 Å². The number of amides is 1. The van der Waals surface area contributed by atoms with Crippen molar-refractivity contribution in [2.24, 2.45) is 5.41 Å². The lowest BCUT2D eigenvalue weighted by atomic mass is 9.81. The van der Waals surface area contributed by atoms with Gasteiger partial charge in [0, 0.05) is 13.0 Å². The Labute approximate surface area is 104 Å². The Kier molecular flexibility index (Phi) is 3.14. The first-order valence-corrected chi connectivity index (χ1v) is 5.53. The predicted octanol–water partition coefficient (Wildman–Crippen LogP) is -0.719. The summed E-state index contributed by atoms with van der Waals surface area (Å²) in [6.07, 6.45) is 0.559. The number of hydrogen-bond acceptors (Lipinski definition) is 6. The molecule has 7 heteroatoms. The average Bonchev–Trinajstić information content (AvgIpc) is 2.74. The number of nitrogens with one attached hydrogen (secondary N) is 1. The lowest BCUT2D eigenvalue weighted by Crippen LogP contribution is -2.41. The summed E-state index contributed by atoms with van der Waals surface area (Å²) >= 11 is 0. The molecular weight excluding hydrogens is 236 g/mol. The molecule has 1 fully saturated rings. The summed E-state index contributed by atoms with van der Waals surface area (Å²) in [7, 11) is 1.27. The van der Waals surface area contributed by atoms with E-state index in [1.54, 1.807) is 12.1 Å². The Hall–Kier alpha value is -2.18. The largest absolute Gasteiger partial charge is 0.468 e. The Morgan fingerprint density at radius 1 is 1.56 bits per heavy atom. The number of aromatic nitrogens is 2. The summed E-state index contributed by atoms with van der Waals surface area (Å²) in [5.74, 6) is -0.578. The van der Waals surface area contributed by atoms with E-state index in [0.29, 0.717) is 24.5 Å². The molecule has 0 bridgehead atoms. The third-order valence-corrected chi connectivity index (χ3v) is 3.07. The van der Waals surface area contributed by atoms with Crippen molar-refractivity contribution in [3.8, 4) is 0 Å². The van der Waals surface area contributed by atoms with Gasteiger partial charge in [-0.25, -0.2) is 0 Å². The van der Waals surface area contributed by atoms with Crippen LogP contribution in [0.5, 0.6) is 0 Å². The van der Waals surface area contributed by atoms with Crippen LogP contribution in [0, 0.1) is 5.41 Å². The molecule has 0 aromatic carbocycles. The SMILES string of the molecule is COC(=O)C1(Cc2ccc(N)nn2)CCNC1=O. The summed E-state index contributed by atoms with van der Waals surface area (Å²) in [4.78, 5) is 23.7. The van der Waals surface area contributed by atoms with Gasteiger partial charge in [0.2, 0.25) is 5.91 Å². The number of carbonyl (C=O) groups is 2. The van der Waals surface area contributed by atoms with E-state index >= 15 is 0 Å². The van der Waals surface area contributed by atoms with Crippen LogP contribution < -0.4 is 11.1 Å². The molecule has 0 aliphatic carbocycles. The van der Waals surface area contributed by atoms with Crippen molar-refractivity contribution in [3.05, 3.63) is 17.8 Å². The number of esters is 1. The summed E-state index contributed by atoms with van der Waals surface area (Å²) in [5.41, 5.74) is 4.78. The Morgan fingerprint density at radius 3 is 2.83 bits per heavy atom. The van der Waals surface area contributed by atoms with Crippen molar-refractivity contribution in [3.63, 3.8) is 0 Å².